The van der Waals surface area contributed by atoms with Crippen LogP contribution in [0.5, 0.6) is 0 Å². The van der Waals surface area contributed by atoms with Crippen LogP contribution < -0.4 is 0 Å². The predicted octanol–water partition coefficient (Wildman–Crippen LogP) is 2.74. The number of amides is 1. The van der Waals surface area contributed by atoms with Gasteiger partial charge in [-0.1, -0.05) is 23.7 Å². The van der Waals surface area contributed by atoms with E-state index < -0.39 is 6.10 Å². The zero-order chi connectivity index (χ0) is 17.3. The number of rotatable bonds is 6. The maximum atomic E-state index is 12.6. The normalized spacial score (nSPS) is 15.3. The molecule has 128 valence electrons. The molecule has 3 rings (SSSR count). The molecule has 1 unspecified atom stereocenters. The van der Waals surface area contributed by atoms with Crippen LogP contribution in [0.1, 0.15) is 34.5 Å². The minimum Gasteiger partial charge on any atom is -0.391 e. The number of aliphatic hydroxyl groups is 1. The molecule has 1 heterocycles. The van der Waals surface area contributed by atoms with Crippen LogP contribution in [0.3, 0.4) is 0 Å². The zero-order valence-electron chi connectivity index (χ0n) is 13.9. The molecule has 1 fully saturated rings. The Hall–Kier alpha value is -1.85. The molecule has 1 N–H and O–H groups in total. The minimum absolute atomic E-state index is 0.107. The zero-order valence-corrected chi connectivity index (χ0v) is 14.7. The van der Waals surface area contributed by atoms with Crippen molar-refractivity contribution in [3.8, 4) is 0 Å². The quantitative estimate of drug-likeness (QED) is 0.874. The van der Waals surface area contributed by atoms with E-state index in [1.54, 1.807) is 22.8 Å². The fourth-order valence-corrected chi connectivity index (χ4v) is 3.04. The first-order valence-corrected chi connectivity index (χ1v) is 8.54. The summed E-state index contributed by atoms with van der Waals surface area (Å²) in [5.41, 5.74) is 2.29. The molecule has 1 aromatic heterocycles. The molecule has 1 amide bonds. The Morgan fingerprint density at radius 2 is 2.25 bits per heavy atom. The molecule has 0 aliphatic heterocycles. The summed E-state index contributed by atoms with van der Waals surface area (Å²) in [5, 5.41) is 15.1. The summed E-state index contributed by atoms with van der Waals surface area (Å²) in [4.78, 5) is 14.2. The van der Waals surface area contributed by atoms with E-state index >= 15 is 0 Å². The molecule has 1 aromatic carbocycles. The summed E-state index contributed by atoms with van der Waals surface area (Å²) >= 11 is 6.00. The molecule has 1 atom stereocenters. The number of nitrogens with zero attached hydrogens (tertiary/aromatic N) is 3. The average molecular weight is 348 g/mol. The van der Waals surface area contributed by atoms with Gasteiger partial charge in [0.1, 0.15) is 0 Å². The van der Waals surface area contributed by atoms with Crippen molar-refractivity contribution in [2.24, 2.45) is 5.92 Å². The van der Waals surface area contributed by atoms with Gasteiger partial charge in [0.05, 0.1) is 23.9 Å². The third kappa shape index (κ3) is 3.97. The number of hydrogen-bond acceptors (Lipinski definition) is 3. The molecule has 1 aliphatic rings. The molecule has 1 saturated carbocycles. The molecule has 6 heteroatoms. The molecular weight excluding hydrogens is 326 g/mol. The largest absolute Gasteiger partial charge is 0.391 e. The standard InChI is InChI=1S/C18H22ClN3O2/c1-12-16(18(24)21(2)11-17(23)14-6-7-14)10-22(20-12)9-13-4-3-5-15(19)8-13/h3-5,8,10,14,17,23H,6-7,9,11H2,1-2H3. The first-order chi connectivity index (χ1) is 11.4. The molecular formula is C18H22ClN3O2. The Labute approximate surface area is 146 Å². The lowest BCUT2D eigenvalue weighted by Crippen LogP contribution is -2.35. The third-order valence-corrected chi connectivity index (χ3v) is 4.62. The van der Waals surface area contributed by atoms with Gasteiger partial charge in [-0.15, -0.1) is 0 Å². The summed E-state index contributed by atoms with van der Waals surface area (Å²) in [6.07, 6.45) is 3.44. The Bertz CT molecular complexity index is 740. The highest BCUT2D eigenvalue weighted by molar-refractivity contribution is 6.30. The van der Waals surface area contributed by atoms with Gasteiger partial charge >= 0.3 is 0 Å². The molecule has 5 nitrogen and oxygen atoms in total. The number of likely N-dealkylation sites (N-methyl/N-ethyl adjacent to an activating group) is 1. The van der Waals surface area contributed by atoms with E-state index in [2.05, 4.69) is 5.10 Å². The van der Waals surface area contributed by atoms with Crippen molar-refractivity contribution in [3.63, 3.8) is 0 Å². The first-order valence-electron chi connectivity index (χ1n) is 8.16. The molecule has 1 aliphatic carbocycles. The summed E-state index contributed by atoms with van der Waals surface area (Å²) in [6.45, 7) is 2.75. The van der Waals surface area contributed by atoms with Crippen molar-refractivity contribution in [1.82, 2.24) is 14.7 Å². The van der Waals surface area contributed by atoms with Crippen LogP contribution >= 0.6 is 11.6 Å². The monoisotopic (exact) mass is 347 g/mol. The number of halogens is 1. The van der Waals surface area contributed by atoms with E-state index in [-0.39, 0.29) is 5.91 Å². The van der Waals surface area contributed by atoms with Gasteiger partial charge in [-0.05, 0) is 43.4 Å². The second-order valence-electron chi connectivity index (χ2n) is 6.55. The Morgan fingerprint density at radius 1 is 1.50 bits per heavy atom. The fraction of sp³-hybridized carbons (Fsp3) is 0.444. The first kappa shape index (κ1) is 17.0. The Morgan fingerprint density at radius 3 is 2.92 bits per heavy atom. The SMILES string of the molecule is Cc1nn(Cc2cccc(Cl)c2)cc1C(=O)N(C)CC(O)C1CC1. The van der Waals surface area contributed by atoms with Gasteiger partial charge < -0.3 is 10.0 Å². The van der Waals surface area contributed by atoms with E-state index in [4.69, 9.17) is 11.6 Å². The number of aliphatic hydroxyl groups excluding tert-OH is 1. The van der Waals surface area contributed by atoms with Gasteiger partial charge in [-0.2, -0.15) is 5.10 Å². The highest BCUT2D eigenvalue weighted by Gasteiger charge is 2.31. The summed E-state index contributed by atoms with van der Waals surface area (Å²) in [7, 11) is 1.72. The van der Waals surface area contributed by atoms with Crippen molar-refractivity contribution < 1.29 is 9.90 Å². The van der Waals surface area contributed by atoms with Crippen LogP contribution in [-0.2, 0) is 6.54 Å². The molecule has 0 saturated heterocycles. The minimum atomic E-state index is -0.430. The molecule has 0 bridgehead atoms. The summed E-state index contributed by atoms with van der Waals surface area (Å²) < 4.78 is 1.75. The molecule has 2 aromatic rings. The van der Waals surface area contributed by atoms with Crippen molar-refractivity contribution in [2.45, 2.75) is 32.4 Å². The van der Waals surface area contributed by atoms with Crippen molar-refractivity contribution in [1.29, 1.82) is 0 Å². The van der Waals surface area contributed by atoms with E-state index in [9.17, 15) is 9.90 Å². The van der Waals surface area contributed by atoms with Crippen molar-refractivity contribution in [3.05, 3.63) is 52.3 Å². The second kappa shape index (κ2) is 6.95. The Balaban J connectivity index is 1.69. The topological polar surface area (TPSA) is 58.4 Å². The van der Waals surface area contributed by atoms with E-state index in [0.29, 0.717) is 35.3 Å². The maximum Gasteiger partial charge on any atom is 0.257 e. The lowest BCUT2D eigenvalue weighted by Gasteiger charge is -2.20. The number of carbonyl (C=O) groups is 1. The molecule has 0 spiro atoms. The van der Waals surface area contributed by atoms with E-state index in [1.165, 1.54) is 0 Å². The molecule has 0 radical (unpaired) electrons. The van der Waals surface area contributed by atoms with Crippen LogP contribution in [0.25, 0.3) is 0 Å². The molecule has 24 heavy (non-hydrogen) atoms. The van der Waals surface area contributed by atoms with Gasteiger partial charge in [0.25, 0.3) is 5.91 Å². The second-order valence-corrected chi connectivity index (χ2v) is 6.98. The van der Waals surface area contributed by atoms with E-state index in [0.717, 1.165) is 18.4 Å². The Kier molecular flexibility index (Phi) is 4.92. The van der Waals surface area contributed by atoms with Crippen molar-refractivity contribution >= 4 is 17.5 Å². The van der Waals surface area contributed by atoms with Crippen molar-refractivity contribution in [2.75, 3.05) is 13.6 Å². The number of carbonyl (C=O) groups excluding carboxylic acids is 1. The summed E-state index contributed by atoms with van der Waals surface area (Å²) in [6, 6.07) is 7.59. The lowest BCUT2D eigenvalue weighted by molar-refractivity contribution is 0.0644. The number of aromatic nitrogens is 2. The predicted molar refractivity (Wildman–Crippen MR) is 93.2 cm³/mol. The van der Waals surface area contributed by atoms with E-state index in [1.807, 2.05) is 31.2 Å². The van der Waals surface area contributed by atoms with Crippen LogP contribution in [0.4, 0.5) is 0 Å². The third-order valence-electron chi connectivity index (χ3n) is 4.38. The highest BCUT2D eigenvalue weighted by Crippen LogP contribution is 2.32. The fourth-order valence-electron chi connectivity index (χ4n) is 2.83. The van der Waals surface area contributed by atoms with Crippen LogP contribution in [0.15, 0.2) is 30.5 Å². The van der Waals surface area contributed by atoms with Gasteiger partial charge in [0.15, 0.2) is 0 Å². The maximum absolute atomic E-state index is 12.6. The van der Waals surface area contributed by atoms with Gasteiger partial charge in [0.2, 0.25) is 0 Å². The highest BCUT2D eigenvalue weighted by atomic mass is 35.5. The smallest absolute Gasteiger partial charge is 0.257 e. The number of aryl methyl sites for hydroxylation is 1. The number of benzene rings is 1. The average Bonchev–Trinajstić information content (AvgIpc) is 3.31. The summed E-state index contributed by atoms with van der Waals surface area (Å²) in [5.74, 6) is 0.247. The van der Waals surface area contributed by atoms with Crippen LogP contribution in [-0.4, -0.2) is 45.4 Å². The lowest BCUT2D eigenvalue weighted by atomic mass is 10.2. The number of hydrogen-bond donors (Lipinski definition) is 1. The van der Waals surface area contributed by atoms with Gasteiger partial charge in [0, 0.05) is 24.8 Å². The van der Waals surface area contributed by atoms with Gasteiger partial charge in [-0.25, -0.2) is 0 Å². The van der Waals surface area contributed by atoms with Crippen LogP contribution in [0.2, 0.25) is 5.02 Å². The van der Waals surface area contributed by atoms with Gasteiger partial charge in [-0.3, -0.25) is 9.48 Å². The van der Waals surface area contributed by atoms with Crippen LogP contribution in [0, 0.1) is 12.8 Å².